The van der Waals surface area contributed by atoms with Crippen LogP contribution in [0.1, 0.15) is 56.3 Å². The second-order valence-corrected chi connectivity index (χ2v) is 7.09. The van der Waals surface area contributed by atoms with E-state index in [1.54, 1.807) is 0 Å². The van der Waals surface area contributed by atoms with Crippen LogP contribution in [-0.4, -0.2) is 38.4 Å². The third kappa shape index (κ3) is 2.83. The van der Waals surface area contributed by atoms with Crippen molar-refractivity contribution in [2.45, 2.75) is 57.9 Å². The van der Waals surface area contributed by atoms with Crippen LogP contribution in [0, 0.1) is 0 Å². The summed E-state index contributed by atoms with van der Waals surface area (Å²) in [7, 11) is 0. The Morgan fingerprint density at radius 3 is 2.72 bits per heavy atom. The maximum atomic E-state index is 13.0. The largest absolute Gasteiger partial charge is 0.341 e. The van der Waals surface area contributed by atoms with Gasteiger partial charge in [-0.25, -0.2) is 9.97 Å². The van der Waals surface area contributed by atoms with E-state index in [0.717, 1.165) is 62.9 Å². The third-order valence-corrected chi connectivity index (χ3v) is 5.48. The first-order valence-electron chi connectivity index (χ1n) is 9.37. The van der Waals surface area contributed by atoms with Gasteiger partial charge in [-0.1, -0.05) is 6.92 Å². The molecule has 2 aromatic heterocycles. The van der Waals surface area contributed by atoms with Gasteiger partial charge in [0, 0.05) is 18.8 Å². The van der Waals surface area contributed by atoms with Crippen LogP contribution in [0.2, 0.25) is 0 Å². The van der Waals surface area contributed by atoms with Crippen LogP contribution < -0.4 is 5.56 Å². The van der Waals surface area contributed by atoms with Gasteiger partial charge >= 0.3 is 0 Å². The summed E-state index contributed by atoms with van der Waals surface area (Å²) in [5.41, 5.74) is 2.59. The first kappa shape index (κ1) is 16.2. The van der Waals surface area contributed by atoms with E-state index in [1.807, 2.05) is 17.9 Å². The molecule has 1 saturated heterocycles. The summed E-state index contributed by atoms with van der Waals surface area (Å²) in [5.74, 6) is 0.0363. The van der Waals surface area contributed by atoms with Crippen LogP contribution >= 0.6 is 0 Å². The number of hydrogen-bond acceptors (Lipinski definition) is 4. The van der Waals surface area contributed by atoms with Gasteiger partial charge in [0.1, 0.15) is 12.4 Å². The molecule has 25 heavy (non-hydrogen) atoms. The highest BCUT2D eigenvalue weighted by Crippen LogP contribution is 2.23. The summed E-state index contributed by atoms with van der Waals surface area (Å²) in [6, 6.07) is 1.48. The Morgan fingerprint density at radius 1 is 1.20 bits per heavy atom. The van der Waals surface area contributed by atoms with Gasteiger partial charge in [0.25, 0.3) is 5.56 Å². The molecule has 0 bridgehead atoms. The van der Waals surface area contributed by atoms with E-state index >= 15 is 0 Å². The zero-order valence-electron chi connectivity index (χ0n) is 14.7. The molecule has 4 rings (SSSR count). The van der Waals surface area contributed by atoms with Crippen molar-refractivity contribution in [2.24, 2.45) is 0 Å². The molecule has 0 saturated carbocycles. The number of nitrogens with zero attached hydrogens (tertiary/aromatic N) is 4. The first-order valence-corrected chi connectivity index (χ1v) is 9.37. The Morgan fingerprint density at radius 2 is 1.96 bits per heavy atom. The van der Waals surface area contributed by atoms with E-state index in [4.69, 9.17) is 0 Å². The molecule has 1 fully saturated rings. The molecule has 2 aromatic rings. The van der Waals surface area contributed by atoms with E-state index in [-0.39, 0.29) is 11.5 Å². The van der Waals surface area contributed by atoms with E-state index in [9.17, 15) is 9.59 Å². The Kier molecular flexibility index (Phi) is 4.27. The lowest BCUT2D eigenvalue weighted by molar-refractivity contribution is -0.133. The number of hydrogen-bond donors (Lipinski definition) is 0. The zero-order valence-corrected chi connectivity index (χ0v) is 14.7. The predicted octanol–water partition coefficient (Wildman–Crippen LogP) is 2.24. The SMILES string of the molecule is CC[C@H](C(=O)N1CCCC1)n1cnc2nc3c(cc2c1=O)CCCC3. The predicted molar refractivity (Wildman–Crippen MR) is 95.6 cm³/mol. The van der Waals surface area contributed by atoms with E-state index in [1.165, 1.54) is 10.9 Å². The summed E-state index contributed by atoms with van der Waals surface area (Å²) >= 11 is 0. The van der Waals surface area contributed by atoms with Gasteiger partial charge in [-0.2, -0.15) is 0 Å². The standard InChI is InChI=1S/C19H24N4O2/c1-2-16(19(25)22-9-5-6-10-22)23-12-20-17-14(18(23)24)11-13-7-3-4-8-15(13)21-17/h11-12,16H,2-10H2,1H3/t16-/m1/s1. The van der Waals surface area contributed by atoms with Crippen molar-refractivity contribution in [3.8, 4) is 0 Å². The lowest BCUT2D eigenvalue weighted by atomic mass is 9.95. The fraction of sp³-hybridized carbons (Fsp3) is 0.579. The Bertz CT molecular complexity index is 868. The van der Waals surface area contributed by atoms with Gasteiger partial charge in [-0.3, -0.25) is 14.2 Å². The highest BCUT2D eigenvalue weighted by atomic mass is 16.2. The number of carbonyl (C=O) groups is 1. The van der Waals surface area contributed by atoms with Crippen LogP contribution in [0.25, 0.3) is 11.0 Å². The van der Waals surface area contributed by atoms with Gasteiger partial charge in [0.15, 0.2) is 5.65 Å². The molecule has 0 N–H and O–H groups in total. The highest BCUT2D eigenvalue weighted by molar-refractivity contribution is 5.81. The number of amides is 1. The molecule has 0 spiro atoms. The minimum Gasteiger partial charge on any atom is -0.341 e. The average molecular weight is 340 g/mol. The van der Waals surface area contributed by atoms with Crippen molar-refractivity contribution in [3.05, 3.63) is 34.0 Å². The topological polar surface area (TPSA) is 68.1 Å². The maximum absolute atomic E-state index is 13.0. The minimum absolute atomic E-state index is 0.0363. The molecule has 1 amide bonds. The third-order valence-electron chi connectivity index (χ3n) is 5.48. The van der Waals surface area contributed by atoms with Crippen molar-refractivity contribution in [2.75, 3.05) is 13.1 Å². The number of rotatable bonds is 3. The molecule has 0 aromatic carbocycles. The quantitative estimate of drug-likeness (QED) is 0.859. The number of carbonyl (C=O) groups excluding carboxylic acids is 1. The monoisotopic (exact) mass is 340 g/mol. The van der Waals surface area contributed by atoms with Crippen molar-refractivity contribution in [3.63, 3.8) is 0 Å². The summed E-state index contributed by atoms with van der Waals surface area (Å²) in [6.07, 6.45) is 8.39. The molecule has 132 valence electrons. The molecular formula is C19H24N4O2. The lowest BCUT2D eigenvalue weighted by Gasteiger charge is -2.24. The number of likely N-dealkylation sites (tertiary alicyclic amines) is 1. The molecule has 3 heterocycles. The van der Waals surface area contributed by atoms with Crippen molar-refractivity contribution in [1.29, 1.82) is 0 Å². The van der Waals surface area contributed by atoms with Crippen LogP contribution in [0.15, 0.2) is 17.2 Å². The van der Waals surface area contributed by atoms with Gasteiger partial charge in [-0.05, 0) is 56.6 Å². The summed E-state index contributed by atoms with van der Waals surface area (Å²) in [4.78, 5) is 36.8. The number of pyridine rings is 1. The van der Waals surface area contributed by atoms with Crippen molar-refractivity contribution in [1.82, 2.24) is 19.4 Å². The molecule has 6 heteroatoms. The van der Waals surface area contributed by atoms with E-state index in [2.05, 4.69) is 9.97 Å². The van der Waals surface area contributed by atoms with Gasteiger partial charge < -0.3 is 4.90 Å². The molecule has 6 nitrogen and oxygen atoms in total. The lowest BCUT2D eigenvalue weighted by Crippen LogP contribution is -2.39. The first-order chi connectivity index (χ1) is 12.2. The molecule has 0 unspecified atom stereocenters. The van der Waals surface area contributed by atoms with Crippen molar-refractivity contribution < 1.29 is 4.79 Å². The van der Waals surface area contributed by atoms with E-state index < -0.39 is 6.04 Å². The van der Waals surface area contributed by atoms with Gasteiger partial charge in [0.05, 0.1) is 5.39 Å². The van der Waals surface area contributed by atoms with Crippen molar-refractivity contribution >= 4 is 16.9 Å². The van der Waals surface area contributed by atoms with E-state index in [0.29, 0.717) is 17.5 Å². The molecule has 1 atom stereocenters. The minimum atomic E-state index is -0.474. The van der Waals surface area contributed by atoms with Gasteiger partial charge in [0.2, 0.25) is 5.91 Å². The molecule has 2 aliphatic rings. The Hall–Kier alpha value is -2.24. The normalized spacial score (nSPS) is 18.4. The molecule has 1 aliphatic heterocycles. The fourth-order valence-corrected chi connectivity index (χ4v) is 4.05. The van der Waals surface area contributed by atoms with Crippen LogP contribution in [0.3, 0.4) is 0 Å². The average Bonchev–Trinajstić information content (AvgIpc) is 3.17. The molecular weight excluding hydrogens is 316 g/mol. The molecule has 1 aliphatic carbocycles. The number of aromatic nitrogens is 3. The smallest absolute Gasteiger partial charge is 0.263 e. The Labute approximate surface area is 146 Å². The highest BCUT2D eigenvalue weighted by Gasteiger charge is 2.28. The van der Waals surface area contributed by atoms with Crippen LogP contribution in [-0.2, 0) is 17.6 Å². The summed E-state index contributed by atoms with van der Waals surface area (Å²) in [6.45, 7) is 3.53. The second kappa shape index (κ2) is 6.58. The zero-order chi connectivity index (χ0) is 17.4. The molecule has 0 radical (unpaired) electrons. The summed E-state index contributed by atoms with van der Waals surface area (Å²) in [5, 5.41) is 0.538. The number of aryl methyl sites for hydroxylation is 2. The number of fused-ring (bicyclic) bond motifs is 2. The van der Waals surface area contributed by atoms with Crippen LogP contribution in [0.5, 0.6) is 0 Å². The Balaban J connectivity index is 1.77. The van der Waals surface area contributed by atoms with Gasteiger partial charge in [-0.15, -0.1) is 0 Å². The summed E-state index contributed by atoms with van der Waals surface area (Å²) < 4.78 is 1.51. The maximum Gasteiger partial charge on any atom is 0.263 e. The fourth-order valence-electron chi connectivity index (χ4n) is 4.05. The van der Waals surface area contributed by atoms with Crippen LogP contribution in [0.4, 0.5) is 0 Å². The second-order valence-electron chi connectivity index (χ2n) is 7.09.